The third-order valence-corrected chi connectivity index (χ3v) is 5.13. The van der Waals surface area contributed by atoms with Crippen LogP contribution in [0.5, 0.6) is 0 Å². The first-order valence-corrected chi connectivity index (χ1v) is 9.68. The normalized spacial score (nSPS) is 15.5. The van der Waals surface area contributed by atoms with Crippen molar-refractivity contribution in [3.05, 3.63) is 71.4 Å². The number of aryl methyl sites for hydroxylation is 1. The predicted molar refractivity (Wildman–Crippen MR) is 105 cm³/mol. The molecule has 0 unspecified atom stereocenters. The van der Waals surface area contributed by atoms with Gasteiger partial charge in [0.1, 0.15) is 5.76 Å². The molecule has 7 heteroatoms. The van der Waals surface area contributed by atoms with Crippen LogP contribution in [0.3, 0.4) is 0 Å². The van der Waals surface area contributed by atoms with Crippen molar-refractivity contribution < 1.29 is 9.32 Å². The number of amides is 1. The lowest BCUT2D eigenvalue weighted by molar-refractivity contribution is 0.0750. The highest BCUT2D eigenvalue weighted by atomic mass is 16.5. The third kappa shape index (κ3) is 4.31. The SMILES string of the molecule is Cc1cc(C(=O)N2CCCN(Cc3ccccc3Cn3cccn3)CC2)no1. The molecular weight excluding hydrogens is 354 g/mol. The number of nitrogens with zero attached hydrogens (tertiary/aromatic N) is 5. The average molecular weight is 379 g/mol. The molecule has 0 N–H and O–H groups in total. The van der Waals surface area contributed by atoms with Gasteiger partial charge in [0.25, 0.3) is 5.91 Å². The van der Waals surface area contributed by atoms with Gasteiger partial charge < -0.3 is 9.42 Å². The first-order valence-electron chi connectivity index (χ1n) is 9.68. The summed E-state index contributed by atoms with van der Waals surface area (Å²) >= 11 is 0. The fourth-order valence-corrected chi connectivity index (χ4v) is 3.64. The highest BCUT2D eigenvalue weighted by molar-refractivity contribution is 5.92. The van der Waals surface area contributed by atoms with E-state index in [0.717, 1.165) is 39.1 Å². The van der Waals surface area contributed by atoms with Crippen molar-refractivity contribution in [2.75, 3.05) is 26.2 Å². The van der Waals surface area contributed by atoms with E-state index in [4.69, 9.17) is 4.52 Å². The van der Waals surface area contributed by atoms with E-state index in [-0.39, 0.29) is 5.91 Å². The standard InChI is InChI=1S/C21H25N5O2/c1-17-14-20(23-28-17)21(27)25-10-5-9-24(12-13-25)15-18-6-2-3-7-19(18)16-26-11-4-8-22-26/h2-4,6-8,11,14H,5,9-10,12-13,15-16H2,1H3. The minimum atomic E-state index is -0.0437. The van der Waals surface area contributed by atoms with E-state index in [9.17, 15) is 4.79 Å². The van der Waals surface area contributed by atoms with Crippen LogP contribution in [0.25, 0.3) is 0 Å². The van der Waals surface area contributed by atoms with Gasteiger partial charge in [-0.1, -0.05) is 29.4 Å². The summed E-state index contributed by atoms with van der Waals surface area (Å²) in [4.78, 5) is 16.9. The Balaban J connectivity index is 1.39. The fraction of sp³-hybridized carbons (Fsp3) is 0.381. The average Bonchev–Trinajstić information content (AvgIpc) is 3.31. The van der Waals surface area contributed by atoms with E-state index in [1.807, 2.05) is 21.8 Å². The largest absolute Gasteiger partial charge is 0.361 e. The van der Waals surface area contributed by atoms with Crippen molar-refractivity contribution in [2.45, 2.75) is 26.4 Å². The van der Waals surface area contributed by atoms with Crippen molar-refractivity contribution in [1.82, 2.24) is 24.7 Å². The minimum absolute atomic E-state index is 0.0437. The highest BCUT2D eigenvalue weighted by Gasteiger charge is 2.23. The van der Waals surface area contributed by atoms with Crippen LogP contribution in [-0.2, 0) is 13.1 Å². The van der Waals surface area contributed by atoms with Gasteiger partial charge in [-0.15, -0.1) is 0 Å². The summed E-state index contributed by atoms with van der Waals surface area (Å²) in [7, 11) is 0. The molecule has 7 nitrogen and oxygen atoms in total. The number of benzene rings is 1. The van der Waals surface area contributed by atoms with Crippen LogP contribution in [-0.4, -0.2) is 56.8 Å². The number of carbonyl (C=O) groups excluding carboxylic acids is 1. The Hall–Kier alpha value is -2.93. The van der Waals surface area contributed by atoms with Gasteiger partial charge in [-0.3, -0.25) is 14.4 Å². The molecule has 1 aliphatic heterocycles. The first kappa shape index (κ1) is 18.4. The summed E-state index contributed by atoms with van der Waals surface area (Å²) in [6, 6.07) is 12.2. The van der Waals surface area contributed by atoms with Gasteiger partial charge in [0.05, 0.1) is 6.54 Å². The van der Waals surface area contributed by atoms with Gasteiger partial charge in [-0.05, 0) is 30.5 Å². The Morgan fingerprint density at radius 2 is 1.89 bits per heavy atom. The summed E-state index contributed by atoms with van der Waals surface area (Å²) < 4.78 is 6.99. The lowest BCUT2D eigenvalue weighted by Gasteiger charge is -2.22. The second-order valence-electron chi connectivity index (χ2n) is 7.22. The van der Waals surface area contributed by atoms with Gasteiger partial charge in [0, 0.05) is 51.2 Å². The molecule has 28 heavy (non-hydrogen) atoms. The zero-order valence-electron chi connectivity index (χ0n) is 16.1. The maximum atomic E-state index is 12.6. The van der Waals surface area contributed by atoms with E-state index in [1.54, 1.807) is 19.2 Å². The molecule has 1 fully saturated rings. The molecule has 0 bridgehead atoms. The van der Waals surface area contributed by atoms with Crippen LogP contribution < -0.4 is 0 Å². The van der Waals surface area contributed by atoms with Gasteiger partial charge in [0.15, 0.2) is 5.69 Å². The number of rotatable bonds is 5. The zero-order valence-corrected chi connectivity index (χ0v) is 16.1. The highest BCUT2D eigenvalue weighted by Crippen LogP contribution is 2.16. The topological polar surface area (TPSA) is 67.4 Å². The number of hydrogen-bond acceptors (Lipinski definition) is 5. The smallest absolute Gasteiger partial charge is 0.276 e. The molecule has 0 saturated carbocycles. The van der Waals surface area contributed by atoms with E-state index in [1.165, 1.54) is 11.1 Å². The molecule has 2 aromatic heterocycles. The number of aromatic nitrogens is 3. The molecule has 0 atom stereocenters. The van der Waals surface area contributed by atoms with E-state index in [2.05, 4.69) is 39.4 Å². The van der Waals surface area contributed by atoms with Crippen LogP contribution in [0, 0.1) is 6.92 Å². The number of hydrogen-bond donors (Lipinski definition) is 0. The van der Waals surface area contributed by atoms with E-state index in [0.29, 0.717) is 18.0 Å². The van der Waals surface area contributed by atoms with Crippen molar-refractivity contribution >= 4 is 5.91 Å². The molecule has 1 saturated heterocycles. The molecule has 3 aromatic rings. The Labute approximate surface area is 164 Å². The van der Waals surface area contributed by atoms with Gasteiger partial charge >= 0.3 is 0 Å². The van der Waals surface area contributed by atoms with Crippen LogP contribution >= 0.6 is 0 Å². The van der Waals surface area contributed by atoms with Gasteiger partial charge in [0.2, 0.25) is 0 Å². The molecule has 0 spiro atoms. The van der Waals surface area contributed by atoms with Crippen LogP contribution in [0.2, 0.25) is 0 Å². The lowest BCUT2D eigenvalue weighted by atomic mass is 10.1. The Morgan fingerprint density at radius 1 is 1.07 bits per heavy atom. The first-order chi connectivity index (χ1) is 13.7. The van der Waals surface area contributed by atoms with Crippen molar-refractivity contribution in [3.8, 4) is 0 Å². The third-order valence-electron chi connectivity index (χ3n) is 5.13. The molecular formula is C21H25N5O2. The second-order valence-corrected chi connectivity index (χ2v) is 7.22. The number of carbonyl (C=O) groups is 1. The van der Waals surface area contributed by atoms with Gasteiger partial charge in [-0.2, -0.15) is 5.10 Å². The molecule has 0 radical (unpaired) electrons. The predicted octanol–water partition coefficient (Wildman–Crippen LogP) is 2.58. The van der Waals surface area contributed by atoms with E-state index >= 15 is 0 Å². The Kier molecular flexibility index (Phi) is 5.53. The monoisotopic (exact) mass is 379 g/mol. The molecule has 0 aliphatic carbocycles. The molecule has 1 aromatic carbocycles. The summed E-state index contributed by atoms with van der Waals surface area (Å²) in [6.07, 6.45) is 4.74. The van der Waals surface area contributed by atoms with Crippen LogP contribution in [0.4, 0.5) is 0 Å². The summed E-state index contributed by atoms with van der Waals surface area (Å²) in [6.45, 7) is 6.71. The summed E-state index contributed by atoms with van der Waals surface area (Å²) in [5, 5.41) is 8.19. The molecule has 3 heterocycles. The molecule has 146 valence electrons. The van der Waals surface area contributed by atoms with E-state index < -0.39 is 0 Å². The van der Waals surface area contributed by atoms with Crippen molar-refractivity contribution in [3.63, 3.8) is 0 Å². The molecule has 1 amide bonds. The molecule has 4 rings (SSSR count). The summed E-state index contributed by atoms with van der Waals surface area (Å²) in [5.41, 5.74) is 2.99. The second kappa shape index (κ2) is 8.39. The minimum Gasteiger partial charge on any atom is -0.361 e. The van der Waals surface area contributed by atoms with Crippen LogP contribution in [0.15, 0.2) is 53.3 Å². The summed E-state index contributed by atoms with van der Waals surface area (Å²) in [5.74, 6) is 0.617. The van der Waals surface area contributed by atoms with Gasteiger partial charge in [-0.25, -0.2) is 0 Å². The zero-order chi connectivity index (χ0) is 19.3. The quantitative estimate of drug-likeness (QED) is 0.682. The Morgan fingerprint density at radius 3 is 2.61 bits per heavy atom. The lowest BCUT2D eigenvalue weighted by Crippen LogP contribution is -2.35. The van der Waals surface area contributed by atoms with Crippen molar-refractivity contribution in [1.29, 1.82) is 0 Å². The van der Waals surface area contributed by atoms with Crippen LogP contribution in [0.1, 0.15) is 33.8 Å². The maximum absolute atomic E-state index is 12.6. The fourth-order valence-electron chi connectivity index (χ4n) is 3.64. The van der Waals surface area contributed by atoms with Crippen molar-refractivity contribution in [2.24, 2.45) is 0 Å². The Bertz CT molecular complexity index is 919. The maximum Gasteiger partial charge on any atom is 0.276 e. The molecule has 1 aliphatic rings.